The Balaban J connectivity index is 1.76. The van der Waals surface area contributed by atoms with E-state index in [1.807, 2.05) is 0 Å². The van der Waals surface area contributed by atoms with Gasteiger partial charge in [0.15, 0.2) is 0 Å². The number of benzene rings is 1. The van der Waals surface area contributed by atoms with Gasteiger partial charge < -0.3 is 10.6 Å². The summed E-state index contributed by atoms with van der Waals surface area (Å²) >= 11 is 0. The van der Waals surface area contributed by atoms with E-state index in [0.29, 0.717) is 12.0 Å². The molecule has 3 atom stereocenters. The molecule has 1 aromatic rings. The van der Waals surface area contributed by atoms with E-state index in [-0.39, 0.29) is 0 Å². The molecular formula is C18H28N2. The third-order valence-corrected chi connectivity index (χ3v) is 5.11. The van der Waals surface area contributed by atoms with Crippen molar-refractivity contribution in [2.45, 2.75) is 51.5 Å². The average Bonchev–Trinajstić information content (AvgIpc) is 2.64. The molecule has 2 aliphatic rings. The molecule has 0 aromatic heterocycles. The molecule has 2 N–H and O–H groups in total. The summed E-state index contributed by atoms with van der Waals surface area (Å²) in [5, 5.41) is 0. The Hall–Kier alpha value is -1.02. The summed E-state index contributed by atoms with van der Waals surface area (Å²) in [4.78, 5) is 2.61. The number of nitrogens with zero attached hydrogens (tertiary/aromatic N) is 1. The summed E-state index contributed by atoms with van der Waals surface area (Å²) in [5.41, 5.74) is 9.41. The van der Waals surface area contributed by atoms with E-state index in [9.17, 15) is 0 Å². The molecule has 1 aliphatic heterocycles. The molecule has 0 amide bonds. The Labute approximate surface area is 123 Å². The fourth-order valence-electron chi connectivity index (χ4n) is 4.00. The summed E-state index contributed by atoms with van der Waals surface area (Å²) in [6, 6.07) is 9.34. The molecule has 1 aromatic carbocycles. The quantitative estimate of drug-likeness (QED) is 0.834. The number of fused-ring (bicyclic) bond motifs is 1. The Bertz CT molecular complexity index is 443. The third-order valence-electron chi connectivity index (χ3n) is 5.11. The van der Waals surface area contributed by atoms with Crippen LogP contribution in [0.15, 0.2) is 24.3 Å². The molecule has 20 heavy (non-hydrogen) atoms. The van der Waals surface area contributed by atoms with Crippen LogP contribution in [0.1, 0.15) is 44.6 Å². The highest BCUT2D eigenvalue weighted by Crippen LogP contribution is 2.32. The maximum atomic E-state index is 6.42. The van der Waals surface area contributed by atoms with Crippen LogP contribution in [-0.2, 0) is 6.42 Å². The number of anilines is 1. The lowest BCUT2D eigenvalue weighted by atomic mass is 9.90. The highest BCUT2D eigenvalue weighted by atomic mass is 15.1. The Morgan fingerprint density at radius 2 is 1.95 bits per heavy atom. The van der Waals surface area contributed by atoms with Gasteiger partial charge >= 0.3 is 0 Å². The SMILES string of the molecule is CC1Cc2ccccc2N(CC2CCCCCC2N)C1. The summed E-state index contributed by atoms with van der Waals surface area (Å²) < 4.78 is 0. The predicted molar refractivity (Wildman–Crippen MR) is 86.1 cm³/mol. The lowest BCUT2D eigenvalue weighted by Crippen LogP contribution is -2.42. The van der Waals surface area contributed by atoms with Gasteiger partial charge in [-0.1, -0.05) is 44.4 Å². The van der Waals surface area contributed by atoms with Gasteiger partial charge in [0.25, 0.3) is 0 Å². The number of rotatable bonds is 2. The number of hydrogen-bond acceptors (Lipinski definition) is 2. The van der Waals surface area contributed by atoms with Crippen molar-refractivity contribution in [1.82, 2.24) is 0 Å². The van der Waals surface area contributed by atoms with Crippen LogP contribution in [0, 0.1) is 11.8 Å². The highest BCUT2D eigenvalue weighted by molar-refractivity contribution is 5.55. The molecule has 3 rings (SSSR count). The molecule has 0 spiro atoms. The van der Waals surface area contributed by atoms with E-state index < -0.39 is 0 Å². The maximum absolute atomic E-state index is 6.42. The zero-order valence-electron chi connectivity index (χ0n) is 12.7. The maximum Gasteiger partial charge on any atom is 0.0399 e. The summed E-state index contributed by atoms with van der Waals surface area (Å²) in [6.07, 6.45) is 7.82. The monoisotopic (exact) mass is 272 g/mol. The van der Waals surface area contributed by atoms with E-state index in [4.69, 9.17) is 5.73 Å². The van der Waals surface area contributed by atoms with E-state index >= 15 is 0 Å². The molecule has 2 nitrogen and oxygen atoms in total. The van der Waals surface area contributed by atoms with Gasteiger partial charge in [-0.2, -0.15) is 0 Å². The van der Waals surface area contributed by atoms with E-state index in [2.05, 4.69) is 36.1 Å². The zero-order valence-corrected chi connectivity index (χ0v) is 12.7. The largest absolute Gasteiger partial charge is 0.371 e. The number of para-hydroxylation sites is 1. The lowest BCUT2D eigenvalue weighted by molar-refractivity contribution is 0.382. The minimum absolute atomic E-state index is 0.405. The predicted octanol–water partition coefficient (Wildman–Crippen LogP) is 3.59. The molecule has 3 unspecified atom stereocenters. The minimum atomic E-state index is 0.405. The lowest BCUT2D eigenvalue weighted by Gasteiger charge is -2.38. The molecule has 2 heteroatoms. The van der Waals surface area contributed by atoms with Gasteiger partial charge in [0.2, 0.25) is 0 Å². The number of hydrogen-bond donors (Lipinski definition) is 1. The van der Waals surface area contributed by atoms with Gasteiger partial charge in [-0.25, -0.2) is 0 Å². The average molecular weight is 272 g/mol. The zero-order chi connectivity index (χ0) is 13.9. The van der Waals surface area contributed by atoms with Gasteiger partial charge in [0.1, 0.15) is 0 Å². The van der Waals surface area contributed by atoms with E-state index in [1.54, 1.807) is 0 Å². The molecule has 0 saturated heterocycles. The normalized spacial score (nSPS) is 30.7. The Morgan fingerprint density at radius 1 is 1.15 bits per heavy atom. The number of nitrogens with two attached hydrogens (primary N) is 1. The van der Waals surface area contributed by atoms with Crippen molar-refractivity contribution in [3.05, 3.63) is 29.8 Å². The molecule has 1 aliphatic carbocycles. The van der Waals surface area contributed by atoms with Gasteiger partial charge in [-0.05, 0) is 42.7 Å². The molecule has 1 heterocycles. The topological polar surface area (TPSA) is 29.3 Å². The van der Waals surface area contributed by atoms with Crippen molar-refractivity contribution in [3.63, 3.8) is 0 Å². The first-order valence-corrected chi connectivity index (χ1v) is 8.32. The van der Waals surface area contributed by atoms with Crippen LogP contribution >= 0.6 is 0 Å². The second kappa shape index (κ2) is 6.17. The summed E-state index contributed by atoms with van der Waals surface area (Å²) in [7, 11) is 0. The van der Waals surface area contributed by atoms with Crippen molar-refractivity contribution in [2.75, 3.05) is 18.0 Å². The Morgan fingerprint density at radius 3 is 2.85 bits per heavy atom. The van der Waals surface area contributed by atoms with Crippen LogP contribution in [0.3, 0.4) is 0 Å². The molecule has 0 radical (unpaired) electrons. The van der Waals surface area contributed by atoms with Crippen molar-refractivity contribution >= 4 is 5.69 Å². The van der Waals surface area contributed by atoms with Gasteiger partial charge in [-0.3, -0.25) is 0 Å². The highest BCUT2D eigenvalue weighted by Gasteiger charge is 2.27. The van der Waals surface area contributed by atoms with Crippen molar-refractivity contribution in [1.29, 1.82) is 0 Å². The fourth-order valence-corrected chi connectivity index (χ4v) is 4.00. The minimum Gasteiger partial charge on any atom is -0.371 e. The fraction of sp³-hybridized carbons (Fsp3) is 0.667. The van der Waals surface area contributed by atoms with E-state index in [0.717, 1.165) is 12.5 Å². The molecule has 1 fully saturated rings. The van der Waals surface area contributed by atoms with Crippen LogP contribution in [0.25, 0.3) is 0 Å². The standard InChI is InChI=1S/C18H28N2/c1-14-11-15-7-5-6-10-18(15)20(12-14)13-16-8-3-2-4-9-17(16)19/h5-7,10,14,16-17H,2-4,8-9,11-13,19H2,1H3. The Kier molecular flexibility index (Phi) is 4.30. The van der Waals surface area contributed by atoms with Gasteiger partial charge in [0, 0.05) is 24.8 Å². The van der Waals surface area contributed by atoms with Crippen LogP contribution in [0.2, 0.25) is 0 Å². The molecule has 0 bridgehead atoms. The smallest absolute Gasteiger partial charge is 0.0399 e. The van der Waals surface area contributed by atoms with Crippen LogP contribution in [0.4, 0.5) is 5.69 Å². The van der Waals surface area contributed by atoms with Gasteiger partial charge in [0.05, 0.1) is 0 Å². The van der Waals surface area contributed by atoms with Crippen molar-refractivity contribution < 1.29 is 0 Å². The molecule has 110 valence electrons. The van der Waals surface area contributed by atoms with Gasteiger partial charge in [-0.15, -0.1) is 0 Å². The van der Waals surface area contributed by atoms with Crippen LogP contribution < -0.4 is 10.6 Å². The second-order valence-electron chi connectivity index (χ2n) is 6.90. The second-order valence-corrected chi connectivity index (χ2v) is 6.90. The first-order chi connectivity index (χ1) is 9.74. The van der Waals surface area contributed by atoms with Crippen LogP contribution in [-0.4, -0.2) is 19.1 Å². The van der Waals surface area contributed by atoms with Crippen LogP contribution in [0.5, 0.6) is 0 Å². The first kappa shape index (κ1) is 13.9. The molecular weight excluding hydrogens is 244 g/mol. The van der Waals surface area contributed by atoms with E-state index in [1.165, 1.54) is 56.3 Å². The van der Waals surface area contributed by atoms with Crippen molar-refractivity contribution in [3.8, 4) is 0 Å². The summed E-state index contributed by atoms with van der Waals surface area (Å²) in [5.74, 6) is 1.43. The van der Waals surface area contributed by atoms with Crippen molar-refractivity contribution in [2.24, 2.45) is 17.6 Å². The third kappa shape index (κ3) is 3.01. The molecule has 1 saturated carbocycles. The first-order valence-electron chi connectivity index (χ1n) is 8.32. The summed E-state index contributed by atoms with van der Waals surface area (Å²) in [6.45, 7) is 4.72.